The number of thiophene rings is 1. The Labute approximate surface area is 144 Å². The van der Waals surface area contributed by atoms with Crippen molar-refractivity contribution in [3.05, 3.63) is 40.4 Å². The number of sulfonamides is 1. The largest absolute Gasteiger partial charge is 0.472 e. The van der Waals surface area contributed by atoms with E-state index >= 15 is 0 Å². The van der Waals surface area contributed by atoms with Crippen LogP contribution < -0.4 is 4.74 Å². The third-order valence-electron chi connectivity index (χ3n) is 3.31. The molecule has 3 rings (SSSR count). The molecule has 1 fully saturated rings. The molecule has 1 aliphatic rings. The summed E-state index contributed by atoms with van der Waals surface area (Å²) < 4.78 is 69.4. The Balaban J connectivity index is 1.64. The third kappa shape index (κ3) is 3.51. The second-order valence-electron chi connectivity index (χ2n) is 5.00. The van der Waals surface area contributed by atoms with E-state index in [1.165, 1.54) is 16.4 Å². The standard InChI is InChI=1S/C13H10ClF3N2O3S2/c14-10-1-2-12(23-10)24(20,21)19-6-9(7-19)22-11-5-8(3-4-18-11)13(15,16)17/h1-5,9H,6-7H2. The van der Waals surface area contributed by atoms with Gasteiger partial charge in [-0.1, -0.05) is 11.6 Å². The minimum atomic E-state index is -4.49. The highest BCUT2D eigenvalue weighted by molar-refractivity contribution is 7.91. The quantitative estimate of drug-likeness (QED) is 0.793. The van der Waals surface area contributed by atoms with Crippen molar-refractivity contribution in [3.63, 3.8) is 0 Å². The maximum absolute atomic E-state index is 12.6. The Hall–Kier alpha value is -1.36. The molecule has 0 spiro atoms. The lowest BCUT2D eigenvalue weighted by Crippen LogP contribution is -2.55. The van der Waals surface area contributed by atoms with E-state index in [-0.39, 0.29) is 23.2 Å². The fourth-order valence-electron chi connectivity index (χ4n) is 2.06. The van der Waals surface area contributed by atoms with Crippen LogP contribution in [0.25, 0.3) is 0 Å². The Kier molecular flexibility index (Phi) is 4.49. The Bertz CT molecular complexity index is 848. The van der Waals surface area contributed by atoms with Gasteiger partial charge in [-0.3, -0.25) is 0 Å². The van der Waals surface area contributed by atoms with E-state index in [0.717, 1.165) is 29.7 Å². The lowest BCUT2D eigenvalue weighted by Gasteiger charge is -2.37. The molecule has 5 nitrogen and oxygen atoms in total. The van der Waals surface area contributed by atoms with Crippen LogP contribution in [-0.4, -0.2) is 36.9 Å². The molecule has 130 valence electrons. The number of pyridine rings is 1. The number of aromatic nitrogens is 1. The van der Waals surface area contributed by atoms with Crippen molar-refractivity contribution in [1.82, 2.24) is 9.29 Å². The summed E-state index contributed by atoms with van der Waals surface area (Å²) in [5, 5.41) is 0. The lowest BCUT2D eigenvalue weighted by molar-refractivity contribution is -0.137. The molecular weight excluding hydrogens is 389 g/mol. The van der Waals surface area contributed by atoms with Crippen LogP contribution >= 0.6 is 22.9 Å². The number of halogens is 4. The summed E-state index contributed by atoms with van der Waals surface area (Å²) in [5.74, 6) is -0.189. The molecule has 0 aliphatic carbocycles. The average molecular weight is 399 g/mol. The smallest absolute Gasteiger partial charge is 0.416 e. The van der Waals surface area contributed by atoms with E-state index in [1.807, 2.05) is 0 Å². The number of rotatable bonds is 4. The second kappa shape index (κ2) is 6.17. The third-order valence-corrected chi connectivity index (χ3v) is 6.84. The van der Waals surface area contributed by atoms with Crippen LogP contribution in [0.15, 0.2) is 34.7 Å². The van der Waals surface area contributed by atoms with Gasteiger partial charge in [0, 0.05) is 12.3 Å². The first-order chi connectivity index (χ1) is 11.2. The number of hydrogen-bond donors (Lipinski definition) is 0. The molecule has 0 atom stereocenters. The normalized spacial score (nSPS) is 16.8. The predicted octanol–water partition coefficient (Wildman–Crippen LogP) is 3.27. The molecule has 24 heavy (non-hydrogen) atoms. The Morgan fingerprint density at radius 1 is 1.29 bits per heavy atom. The summed E-state index contributed by atoms with van der Waals surface area (Å²) in [6.07, 6.45) is -4.04. The number of ether oxygens (including phenoxy) is 1. The van der Waals surface area contributed by atoms with Gasteiger partial charge in [-0.25, -0.2) is 13.4 Å². The van der Waals surface area contributed by atoms with E-state index in [4.69, 9.17) is 16.3 Å². The van der Waals surface area contributed by atoms with Gasteiger partial charge in [0.05, 0.1) is 23.0 Å². The maximum atomic E-state index is 12.6. The SMILES string of the molecule is O=S(=O)(c1ccc(Cl)s1)N1CC(Oc2cc(C(F)(F)F)ccn2)C1. The van der Waals surface area contributed by atoms with Gasteiger partial charge in [0.15, 0.2) is 0 Å². The number of alkyl halides is 3. The van der Waals surface area contributed by atoms with E-state index in [1.54, 1.807) is 0 Å². The zero-order valence-electron chi connectivity index (χ0n) is 11.8. The van der Waals surface area contributed by atoms with Gasteiger partial charge in [0.2, 0.25) is 5.88 Å². The fraction of sp³-hybridized carbons (Fsp3) is 0.308. The summed E-state index contributed by atoms with van der Waals surface area (Å²) >= 11 is 6.67. The first-order valence-corrected chi connectivity index (χ1v) is 9.25. The number of hydrogen-bond acceptors (Lipinski definition) is 5. The van der Waals surface area contributed by atoms with Gasteiger partial charge in [0.25, 0.3) is 10.0 Å². The van der Waals surface area contributed by atoms with Crippen molar-refractivity contribution in [2.24, 2.45) is 0 Å². The molecule has 0 bridgehead atoms. The molecule has 2 aromatic heterocycles. The van der Waals surface area contributed by atoms with Gasteiger partial charge in [-0.05, 0) is 18.2 Å². The van der Waals surface area contributed by atoms with Crippen molar-refractivity contribution < 1.29 is 26.3 Å². The zero-order chi connectivity index (χ0) is 17.5. The molecule has 0 radical (unpaired) electrons. The Morgan fingerprint density at radius 3 is 2.58 bits per heavy atom. The summed E-state index contributed by atoms with van der Waals surface area (Å²) in [6.45, 7) is 0.0750. The average Bonchev–Trinajstić information content (AvgIpc) is 2.89. The number of nitrogens with zero attached hydrogens (tertiary/aromatic N) is 2. The highest BCUT2D eigenvalue weighted by atomic mass is 35.5. The van der Waals surface area contributed by atoms with Crippen molar-refractivity contribution in [3.8, 4) is 5.88 Å². The summed E-state index contributed by atoms with van der Waals surface area (Å²) in [6, 6.07) is 4.52. The predicted molar refractivity (Wildman–Crippen MR) is 81.7 cm³/mol. The van der Waals surface area contributed by atoms with Crippen molar-refractivity contribution >= 4 is 33.0 Å². The second-order valence-corrected chi connectivity index (χ2v) is 8.88. The van der Waals surface area contributed by atoms with Gasteiger partial charge < -0.3 is 4.74 Å². The van der Waals surface area contributed by atoms with Crippen LogP contribution in [0.1, 0.15) is 5.56 Å². The molecule has 0 saturated carbocycles. The van der Waals surface area contributed by atoms with Gasteiger partial charge in [-0.2, -0.15) is 17.5 Å². The lowest BCUT2D eigenvalue weighted by atomic mass is 10.2. The van der Waals surface area contributed by atoms with E-state index in [9.17, 15) is 21.6 Å². The van der Waals surface area contributed by atoms with Crippen LogP contribution in [0, 0.1) is 0 Å². The molecule has 11 heteroatoms. The summed E-state index contributed by atoms with van der Waals surface area (Å²) in [4.78, 5) is 3.72. The van der Waals surface area contributed by atoms with E-state index < -0.39 is 27.9 Å². The zero-order valence-corrected chi connectivity index (χ0v) is 14.2. The van der Waals surface area contributed by atoms with Crippen molar-refractivity contribution in [1.29, 1.82) is 0 Å². The van der Waals surface area contributed by atoms with Crippen LogP contribution in [-0.2, 0) is 16.2 Å². The molecule has 0 N–H and O–H groups in total. The highest BCUT2D eigenvalue weighted by Gasteiger charge is 2.39. The van der Waals surface area contributed by atoms with Crippen molar-refractivity contribution in [2.45, 2.75) is 16.5 Å². The first kappa shape index (κ1) is 17.5. The first-order valence-electron chi connectivity index (χ1n) is 6.61. The molecule has 0 aromatic carbocycles. The molecule has 1 saturated heterocycles. The summed E-state index contributed by atoms with van der Waals surface area (Å²) in [7, 11) is -3.65. The van der Waals surface area contributed by atoms with Crippen molar-refractivity contribution in [2.75, 3.05) is 13.1 Å². The molecular formula is C13H10ClF3N2O3S2. The van der Waals surface area contributed by atoms with Crippen LogP contribution in [0.3, 0.4) is 0 Å². The highest BCUT2D eigenvalue weighted by Crippen LogP contribution is 2.33. The maximum Gasteiger partial charge on any atom is 0.416 e. The van der Waals surface area contributed by atoms with E-state index in [0.29, 0.717) is 4.34 Å². The topological polar surface area (TPSA) is 59.5 Å². The summed E-state index contributed by atoms with van der Waals surface area (Å²) in [5.41, 5.74) is -0.871. The van der Waals surface area contributed by atoms with Crippen LogP contribution in [0.2, 0.25) is 4.34 Å². The molecule has 0 unspecified atom stereocenters. The van der Waals surface area contributed by atoms with Crippen LogP contribution in [0.4, 0.5) is 13.2 Å². The van der Waals surface area contributed by atoms with Gasteiger partial charge >= 0.3 is 6.18 Å². The molecule has 1 aliphatic heterocycles. The van der Waals surface area contributed by atoms with Gasteiger partial charge in [-0.15, -0.1) is 11.3 Å². The molecule has 3 heterocycles. The van der Waals surface area contributed by atoms with E-state index in [2.05, 4.69) is 4.98 Å². The molecule has 0 amide bonds. The van der Waals surface area contributed by atoms with Gasteiger partial charge in [0.1, 0.15) is 10.3 Å². The van der Waals surface area contributed by atoms with Crippen LogP contribution in [0.5, 0.6) is 5.88 Å². The monoisotopic (exact) mass is 398 g/mol. The minimum absolute atomic E-state index is 0.0375. The minimum Gasteiger partial charge on any atom is -0.472 e. The molecule has 2 aromatic rings. The fourth-order valence-corrected chi connectivity index (χ4v) is 5.20. The Morgan fingerprint density at radius 2 is 2.00 bits per heavy atom.